The number of aromatic nitrogens is 1. The number of pyridine rings is 1. The number of rotatable bonds is 4. The van der Waals surface area contributed by atoms with Gasteiger partial charge < -0.3 is 19.4 Å². The number of ether oxygens (including phenoxy) is 2. The first-order valence-electron chi connectivity index (χ1n) is 6.39. The zero-order valence-corrected chi connectivity index (χ0v) is 13.9. The number of aromatic carboxylic acids is 1. The van der Waals surface area contributed by atoms with Crippen molar-refractivity contribution in [2.75, 3.05) is 18.6 Å². The number of anilines is 1. The van der Waals surface area contributed by atoms with Crippen molar-refractivity contribution in [2.24, 2.45) is 0 Å². The molecule has 8 heteroatoms. The number of carbonyl (C=O) groups is 2. The van der Waals surface area contributed by atoms with E-state index in [4.69, 9.17) is 15.9 Å². The monoisotopic (exact) mass is 312 g/mol. The standard InChI is InChI=1S/C15H18N2O5.Li/c1-6-7-17(14(20)22-15(2,3)4)11-9-16-10(13(18)19)8-12(11)21-5;/h1,8-9H,7H2,2-5H3,(H,18,19);/q;+1/p-1. The fourth-order valence-electron chi connectivity index (χ4n) is 1.56. The molecular formula is C15H17LiN2O5. The first-order chi connectivity index (χ1) is 10.2. The molecule has 0 bridgehead atoms. The van der Waals surface area contributed by atoms with Crippen LogP contribution in [0.2, 0.25) is 0 Å². The Balaban J connectivity index is 0.00000484. The van der Waals surface area contributed by atoms with Crippen LogP contribution in [0.15, 0.2) is 12.3 Å². The van der Waals surface area contributed by atoms with Crippen molar-refractivity contribution in [2.45, 2.75) is 26.4 Å². The molecule has 0 spiro atoms. The molecule has 0 saturated heterocycles. The topological polar surface area (TPSA) is 91.8 Å². The van der Waals surface area contributed by atoms with Crippen molar-refractivity contribution in [3.05, 3.63) is 18.0 Å². The molecule has 0 fully saturated rings. The summed E-state index contributed by atoms with van der Waals surface area (Å²) in [6, 6.07) is 1.15. The number of terminal acetylenes is 1. The van der Waals surface area contributed by atoms with Crippen LogP contribution < -0.4 is 33.6 Å². The van der Waals surface area contributed by atoms with Gasteiger partial charge in [-0.2, -0.15) is 0 Å². The van der Waals surface area contributed by atoms with Crippen LogP contribution in [0, 0.1) is 12.3 Å². The molecule has 1 amide bonds. The van der Waals surface area contributed by atoms with E-state index < -0.39 is 17.7 Å². The molecule has 1 aromatic heterocycles. The fourth-order valence-corrected chi connectivity index (χ4v) is 1.56. The van der Waals surface area contributed by atoms with E-state index in [0.717, 1.165) is 11.0 Å². The van der Waals surface area contributed by atoms with Gasteiger partial charge in [-0.15, -0.1) is 6.42 Å². The first kappa shape index (κ1) is 20.8. The molecule has 1 rings (SSSR count). The summed E-state index contributed by atoms with van der Waals surface area (Å²) in [7, 11) is 1.33. The second-order valence-corrected chi connectivity index (χ2v) is 5.30. The van der Waals surface area contributed by atoms with Crippen molar-refractivity contribution in [3.8, 4) is 18.1 Å². The van der Waals surface area contributed by atoms with Crippen LogP contribution in [-0.4, -0.2) is 36.3 Å². The Morgan fingerprint density at radius 1 is 1.43 bits per heavy atom. The molecule has 0 aliphatic heterocycles. The molecule has 0 saturated carbocycles. The van der Waals surface area contributed by atoms with Gasteiger partial charge in [-0.05, 0) is 20.8 Å². The fraction of sp³-hybridized carbons (Fsp3) is 0.400. The minimum Gasteiger partial charge on any atom is -0.543 e. The molecular weight excluding hydrogens is 295 g/mol. The van der Waals surface area contributed by atoms with Gasteiger partial charge in [0.25, 0.3) is 0 Å². The second-order valence-electron chi connectivity index (χ2n) is 5.30. The van der Waals surface area contributed by atoms with E-state index in [1.807, 2.05) is 0 Å². The summed E-state index contributed by atoms with van der Waals surface area (Å²) in [5.74, 6) is 1.00. The molecule has 0 radical (unpaired) electrons. The van der Waals surface area contributed by atoms with Gasteiger partial charge in [0.05, 0.1) is 31.5 Å². The van der Waals surface area contributed by atoms with Crippen LogP contribution in [-0.2, 0) is 4.74 Å². The third kappa shape index (κ3) is 5.86. The molecule has 7 nitrogen and oxygen atoms in total. The molecule has 0 aliphatic rings. The third-order valence-corrected chi connectivity index (χ3v) is 2.43. The van der Waals surface area contributed by atoms with Crippen LogP contribution in [0.3, 0.4) is 0 Å². The molecule has 0 aromatic carbocycles. The second kappa shape index (κ2) is 8.47. The molecule has 0 aliphatic carbocycles. The van der Waals surface area contributed by atoms with Crippen LogP contribution >= 0.6 is 0 Å². The smallest absolute Gasteiger partial charge is 0.543 e. The average Bonchev–Trinajstić information content (AvgIpc) is 2.42. The Bertz CT molecular complexity index is 619. The average molecular weight is 312 g/mol. The summed E-state index contributed by atoms with van der Waals surface area (Å²) >= 11 is 0. The maximum atomic E-state index is 12.2. The number of hydrogen-bond donors (Lipinski definition) is 0. The van der Waals surface area contributed by atoms with E-state index in [9.17, 15) is 14.7 Å². The number of amides is 1. The van der Waals surface area contributed by atoms with Crippen LogP contribution in [0.1, 0.15) is 31.3 Å². The Labute approximate surface area is 147 Å². The summed E-state index contributed by atoms with van der Waals surface area (Å²) in [5.41, 5.74) is -0.819. The summed E-state index contributed by atoms with van der Waals surface area (Å²) in [4.78, 5) is 27.9. The van der Waals surface area contributed by atoms with Crippen LogP contribution in [0.4, 0.5) is 10.5 Å². The van der Waals surface area contributed by atoms with Gasteiger partial charge in [0.2, 0.25) is 0 Å². The predicted octanol–water partition coefficient (Wildman–Crippen LogP) is -2.17. The van der Waals surface area contributed by atoms with Crippen molar-refractivity contribution >= 4 is 17.7 Å². The van der Waals surface area contributed by atoms with Crippen LogP contribution in [0.5, 0.6) is 5.75 Å². The Morgan fingerprint density at radius 2 is 2.04 bits per heavy atom. The van der Waals surface area contributed by atoms with Crippen molar-refractivity contribution in [1.82, 2.24) is 4.98 Å². The van der Waals surface area contributed by atoms with Crippen LogP contribution in [0.25, 0.3) is 0 Å². The van der Waals surface area contributed by atoms with Gasteiger partial charge in [0, 0.05) is 6.07 Å². The quantitative estimate of drug-likeness (QED) is 0.464. The van der Waals surface area contributed by atoms with Gasteiger partial charge in [0.15, 0.2) is 0 Å². The maximum absolute atomic E-state index is 12.2. The van der Waals surface area contributed by atoms with E-state index >= 15 is 0 Å². The van der Waals surface area contributed by atoms with E-state index in [1.165, 1.54) is 13.3 Å². The zero-order chi connectivity index (χ0) is 16.9. The van der Waals surface area contributed by atoms with E-state index in [0.29, 0.717) is 0 Å². The molecule has 1 heterocycles. The Kier molecular flexibility index (Phi) is 7.68. The Hall–Kier alpha value is -2.15. The summed E-state index contributed by atoms with van der Waals surface area (Å²) in [6.07, 6.45) is 5.76. The number of methoxy groups -OCH3 is 1. The molecule has 118 valence electrons. The SMILES string of the molecule is C#CCN(C(=O)OC(C)(C)C)c1cnc(C(=O)[O-])cc1OC.[Li+]. The van der Waals surface area contributed by atoms with Gasteiger partial charge in [0.1, 0.15) is 17.0 Å². The number of carbonyl (C=O) groups excluding carboxylic acids is 2. The van der Waals surface area contributed by atoms with E-state index in [-0.39, 0.29) is 42.5 Å². The minimum absolute atomic E-state index is 0. The van der Waals surface area contributed by atoms with Gasteiger partial charge in [-0.25, -0.2) is 4.79 Å². The number of carboxylic acids is 1. The van der Waals surface area contributed by atoms with E-state index in [1.54, 1.807) is 20.8 Å². The first-order valence-corrected chi connectivity index (χ1v) is 6.39. The zero-order valence-electron chi connectivity index (χ0n) is 13.9. The van der Waals surface area contributed by atoms with Crippen molar-refractivity contribution < 1.29 is 43.0 Å². The van der Waals surface area contributed by atoms with Gasteiger partial charge in [-0.1, -0.05) is 5.92 Å². The molecule has 0 N–H and O–H groups in total. The molecule has 1 aromatic rings. The van der Waals surface area contributed by atoms with Crippen molar-refractivity contribution in [3.63, 3.8) is 0 Å². The maximum Gasteiger partial charge on any atom is 1.00 e. The molecule has 23 heavy (non-hydrogen) atoms. The summed E-state index contributed by atoms with van der Waals surface area (Å²) < 4.78 is 10.4. The number of nitrogens with zero attached hydrogens (tertiary/aromatic N) is 2. The van der Waals surface area contributed by atoms with Gasteiger partial charge >= 0.3 is 25.0 Å². The largest absolute Gasteiger partial charge is 1.00 e. The summed E-state index contributed by atoms with van der Waals surface area (Å²) in [5, 5.41) is 10.8. The number of carboxylic acid groups (broad SMARTS) is 1. The molecule has 0 atom stereocenters. The number of hydrogen-bond acceptors (Lipinski definition) is 6. The van der Waals surface area contributed by atoms with Crippen molar-refractivity contribution in [1.29, 1.82) is 0 Å². The normalized spacial score (nSPS) is 10.0. The van der Waals surface area contributed by atoms with E-state index in [2.05, 4.69) is 10.9 Å². The Morgan fingerprint density at radius 3 is 2.48 bits per heavy atom. The minimum atomic E-state index is -1.45. The molecule has 0 unspecified atom stereocenters. The summed E-state index contributed by atoms with van der Waals surface area (Å²) in [6.45, 7) is 5.06. The predicted molar refractivity (Wildman–Crippen MR) is 77.5 cm³/mol. The van der Waals surface area contributed by atoms with Gasteiger partial charge in [-0.3, -0.25) is 9.88 Å². The third-order valence-electron chi connectivity index (χ3n) is 2.43.